The lowest BCUT2D eigenvalue weighted by Gasteiger charge is -2.11. The molecule has 1 N–H and O–H groups in total. The molecule has 0 fully saturated rings. The number of hydrogen-bond acceptors (Lipinski definition) is 5. The molecule has 34 heavy (non-hydrogen) atoms. The van der Waals surface area contributed by atoms with Gasteiger partial charge < -0.3 is 14.7 Å². The minimum atomic E-state index is -0.0680. The smallest absolute Gasteiger partial charge is 0.259 e. The summed E-state index contributed by atoms with van der Waals surface area (Å²) in [6.07, 6.45) is 3.79. The summed E-state index contributed by atoms with van der Waals surface area (Å²) >= 11 is 6.90. The Balaban J connectivity index is 0.000000202. The van der Waals surface area contributed by atoms with Crippen LogP contribution < -0.4 is 4.74 Å². The van der Waals surface area contributed by atoms with E-state index in [1.165, 1.54) is 4.90 Å². The van der Waals surface area contributed by atoms with E-state index in [1.807, 2.05) is 62.9 Å². The third-order valence-electron chi connectivity index (χ3n) is 4.70. The summed E-state index contributed by atoms with van der Waals surface area (Å²) < 4.78 is 10.8. The summed E-state index contributed by atoms with van der Waals surface area (Å²) in [5.74, 6) is 0.860. The van der Waals surface area contributed by atoms with Crippen LogP contribution in [0.2, 0.25) is 0 Å². The van der Waals surface area contributed by atoms with Crippen LogP contribution in [0, 0.1) is 0 Å². The summed E-state index contributed by atoms with van der Waals surface area (Å²) in [6.45, 7) is 0.0413. The summed E-state index contributed by atoms with van der Waals surface area (Å²) in [5.41, 5.74) is 3.73. The van der Waals surface area contributed by atoms with Gasteiger partial charge in [0.2, 0.25) is 0 Å². The van der Waals surface area contributed by atoms with Crippen LogP contribution in [0.3, 0.4) is 0 Å². The molecule has 0 aliphatic heterocycles. The number of carbonyl (C=O) groups is 1. The van der Waals surface area contributed by atoms with Crippen LogP contribution in [0.15, 0.2) is 69.9 Å². The zero-order valence-corrected chi connectivity index (χ0v) is 22.4. The highest BCUT2D eigenvalue weighted by Gasteiger charge is 2.09. The highest BCUT2D eigenvalue weighted by molar-refractivity contribution is 9.11. The van der Waals surface area contributed by atoms with Crippen molar-refractivity contribution in [1.82, 2.24) is 24.5 Å². The molecule has 4 rings (SSSR count). The van der Waals surface area contributed by atoms with Gasteiger partial charge in [-0.25, -0.2) is 0 Å². The van der Waals surface area contributed by atoms with Gasteiger partial charge >= 0.3 is 0 Å². The Morgan fingerprint density at radius 2 is 1.32 bits per heavy atom. The predicted octanol–water partition coefficient (Wildman–Crippen LogP) is 4.87. The first kappa shape index (κ1) is 25.5. The molecule has 0 aliphatic carbocycles. The van der Waals surface area contributed by atoms with Crippen molar-refractivity contribution in [2.75, 3.05) is 20.7 Å². The van der Waals surface area contributed by atoms with E-state index in [1.54, 1.807) is 35.6 Å². The molecule has 0 aliphatic rings. The van der Waals surface area contributed by atoms with E-state index < -0.39 is 0 Å². The van der Waals surface area contributed by atoms with Crippen LogP contribution in [0.25, 0.3) is 22.5 Å². The molecule has 2 aromatic heterocycles. The molecule has 0 radical (unpaired) electrons. The molecule has 4 aromatic rings. The van der Waals surface area contributed by atoms with Crippen molar-refractivity contribution in [3.8, 4) is 34.0 Å². The SMILES string of the molecule is CN(C)C(=O)COc1ccc(-c2nn(C)cc2Br)cc1.Cn1cc(Br)c(-c2ccc(O)cc2)n1. The molecular weight excluding hydrogens is 566 g/mol. The maximum Gasteiger partial charge on any atom is 0.259 e. The number of rotatable bonds is 5. The number of phenolic OH excluding ortho intramolecular Hbond substituents is 1. The number of hydrogen-bond donors (Lipinski definition) is 1. The molecule has 2 heterocycles. The van der Waals surface area contributed by atoms with Gasteiger partial charge in [-0.15, -0.1) is 0 Å². The van der Waals surface area contributed by atoms with Gasteiger partial charge in [-0.3, -0.25) is 14.2 Å². The third-order valence-corrected chi connectivity index (χ3v) is 5.86. The quantitative estimate of drug-likeness (QED) is 0.358. The normalized spacial score (nSPS) is 10.4. The average Bonchev–Trinajstić information content (AvgIpc) is 3.32. The highest BCUT2D eigenvalue weighted by atomic mass is 79.9. The molecule has 0 atom stereocenters. The molecule has 2 aromatic carbocycles. The zero-order valence-electron chi connectivity index (χ0n) is 19.2. The van der Waals surface area contributed by atoms with Crippen LogP contribution in [0.5, 0.6) is 11.5 Å². The number of aromatic nitrogens is 4. The fraction of sp³-hybridized carbons (Fsp3) is 0.208. The van der Waals surface area contributed by atoms with E-state index in [9.17, 15) is 4.79 Å². The Morgan fingerprint density at radius 3 is 1.71 bits per heavy atom. The standard InChI is InChI=1S/C14H16BrN3O2.C10H9BrN2O/c1-17(2)13(19)9-20-11-6-4-10(5-7-11)14-12(15)8-18(3)16-14;1-13-6-9(11)10(12-13)7-2-4-8(14)5-3-7/h4-8H,9H2,1-3H3;2-6,14H,1H3. The monoisotopic (exact) mass is 589 g/mol. The topological polar surface area (TPSA) is 85.4 Å². The van der Waals surface area contributed by atoms with E-state index in [2.05, 4.69) is 42.1 Å². The molecule has 8 nitrogen and oxygen atoms in total. The van der Waals surface area contributed by atoms with Gasteiger partial charge in [-0.1, -0.05) is 0 Å². The second-order valence-electron chi connectivity index (χ2n) is 7.65. The number of nitrogens with zero attached hydrogens (tertiary/aromatic N) is 5. The Bertz CT molecular complexity index is 1250. The largest absolute Gasteiger partial charge is 0.508 e. The molecule has 0 bridgehead atoms. The second kappa shape index (κ2) is 11.3. The molecule has 0 saturated heterocycles. The fourth-order valence-electron chi connectivity index (χ4n) is 2.91. The molecule has 0 spiro atoms. The molecule has 0 saturated carbocycles. The van der Waals surface area contributed by atoms with E-state index in [4.69, 9.17) is 9.84 Å². The number of aromatic hydroxyl groups is 1. The number of benzene rings is 2. The Hall–Kier alpha value is -3.11. The van der Waals surface area contributed by atoms with E-state index in [0.29, 0.717) is 5.75 Å². The van der Waals surface area contributed by atoms with Gasteiger partial charge in [0, 0.05) is 51.7 Å². The van der Waals surface area contributed by atoms with Crippen LogP contribution in [-0.4, -0.2) is 56.2 Å². The first-order valence-electron chi connectivity index (χ1n) is 10.2. The van der Waals surface area contributed by atoms with Crippen molar-refractivity contribution in [3.05, 3.63) is 69.9 Å². The maximum absolute atomic E-state index is 11.4. The lowest BCUT2D eigenvalue weighted by atomic mass is 10.1. The number of ether oxygens (including phenoxy) is 1. The number of aryl methyl sites for hydroxylation is 2. The van der Waals surface area contributed by atoms with Gasteiger partial charge in [0.05, 0.1) is 8.95 Å². The molecule has 1 amide bonds. The summed E-state index contributed by atoms with van der Waals surface area (Å²) in [7, 11) is 7.15. The average molecular weight is 591 g/mol. The van der Waals surface area contributed by atoms with Gasteiger partial charge in [0.15, 0.2) is 6.61 Å². The highest BCUT2D eigenvalue weighted by Crippen LogP contribution is 2.28. The van der Waals surface area contributed by atoms with Crippen molar-refractivity contribution >= 4 is 37.8 Å². The number of phenols is 1. The number of carbonyl (C=O) groups excluding carboxylic acids is 1. The van der Waals surface area contributed by atoms with E-state index in [-0.39, 0.29) is 18.3 Å². The van der Waals surface area contributed by atoms with Crippen molar-refractivity contribution in [1.29, 1.82) is 0 Å². The van der Waals surface area contributed by atoms with Gasteiger partial charge in [0.25, 0.3) is 5.91 Å². The van der Waals surface area contributed by atoms with Gasteiger partial charge in [0.1, 0.15) is 22.9 Å². The fourth-order valence-corrected chi connectivity index (χ4v) is 4.12. The van der Waals surface area contributed by atoms with E-state index in [0.717, 1.165) is 31.5 Å². The third kappa shape index (κ3) is 6.71. The maximum atomic E-state index is 11.4. The van der Waals surface area contributed by atoms with Gasteiger partial charge in [-0.05, 0) is 80.4 Å². The van der Waals surface area contributed by atoms with Gasteiger partial charge in [-0.2, -0.15) is 10.2 Å². The molecule has 10 heteroatoms. The first-order valence-corrected chi connectivity index (χ1v) is 11.8. The minimum Gasteiger partial charge on any atom is -0.508 e. The van der Waals surface area contributed by atoms with Crippen LogP contribution in [0.4, 0.5) is 0 Å². The van der Waals surface area contributed by atoms with Crippen molar-refractivity contribution in [2.45, 2.75) is 0 Å². The first-order chi connectivity index (χ1) is 16.1. The van der Waals surface area contributed by atoms with Crippen LogP contribution in [0.1, 0.15) is 0 Å². The summed E-state index contributed by atoms with van der Waals surface area (Å²) in [5, 5.41) is 17.8. The number of halogens is 2. The van der Waals surface area contributed by atoms with Crippen molar-refractivity contribution in [3.63, 3.8) is 0 Å². The second-order valence-corrected chi connectivity index (χ2v) is 9.36. The molecule has 178 valence electrons. The Labute approximate surface area is 215 Å². The zero-order chi connectivity index (χ0) is 24.8. The van der Waals surface area contributed by atoms with Crippen LogP contribution in [-0.2, 0) is 18.9 Å². The predicted molar refractivity (Wildman–Crippen MR) is 139 cm³/mol. The lowest BCUT2D eigenvalue weighted by molar-refractivity contribution is -0.130. The summed E-state index contributed by atoms with van der Waals surface area (Å²) in [6, 6.07) is 14.5. The number of likely N-dealkylation sites (N-methyl/N-ethyl adjacent to an activating group) is 1. The van der Waals surface area contributed by atoms with Crippen molar-refractivity contribution < 1.29 is 14.6 Å². The Morgan fingerprint density at radius 1 is 0.882 bits per heavy atom. The Kier molecular flexibility index (Phi) is 8.51. The van der Waals surface area contributed by atoms with Crippen molar-refractivity contribution in [2.24, 2.45) is 14.1 Å². The molecular formula is C24H25Br2N5O3. The minimum absolute atomic E-state index is 0.0413. The summed E-state index contributed by atoms with van der Waals surface area (Å²) in [4.78, 5) is 12.9. The van der Waals surface area contributed by atoms with Crippen LogP contribution >= 0.6 is 31.9 Å². The number of amides is 1. The lowest BCUT2D eigenvalue weighted by Crippen LogP contribution is -2.27. The van der Waals surface area contributed by atoms with E-state index >= 15 is 0 Å². The molecule has 0 unspecified atom stereocenters.